The molecule has 1 aliphatic carbocycles. The lowest BCUT2D eigenvalue weighted by Gasteiger charge is -2.40. The molecule has 15 heteroatoms. The molecule has 3 aliphatic heterocycles. The molecule has 1 saturated carbocycles. The third-order valence-electron chi connectivity index (χ3n) is 12.5. The summed E-state index contributed by atoms with van der Waals surface area (Å²) in [6, 6.07) is 8.12. The van der Waals surface area contributed by atoms with E-state index in [9.17, 15) is 19.8 Å². The van der Waals surface area contributed by atoms with Crippen LogP contribution in [0.15, 0.2) is 47.2 Å². The lowest BCUT2D eigenvalue weighted by Crippen LogP contribution is -2.46. The zero-order valence-corrected chi connectivity index (χ0v) is 36.0. The third kappa shape index (κ3) is 9.82. The summed E-state index contributed by atoms with van der Waals surface area (Å²) >= 11 is 0. The second kappa shape index (κ2) is 17.7. The number of rotatable bonds is 10. The minimum absolute atomic E-state index is 0.0794. The van der Waals surface area contributed by atoms with E-state index in [1.807, 2.05) is 44.4 Å². The van der Waals surface area contributed by atoms with Gasteiger partial charge in [0.1, 0.15) is 29.1 Å². The monoisotopic (exact) mass is 836 g/mol. The molecular formula is C46H60N8O7. The maximum atomic E-state index is 14.0. The number of β-amino-alcohol motifs (C(OH)–C–C–N with tert-alkyl or cyclic N) is 1. The Hall–Kier alpha value is -5.17. The molecule has 6 heterocycles. The number of carbonyl (C=O) groups excluding carboxylic acids is 2. The maximum absolute atomic E-state index is 14.0. The van der Waals surface area contributed by atoms with Crippen molar-refractivity contribution in [2.45, 2.75) is 115 Å². The third-order valence-corrected chi connectivity index (χ3v) is 12.5. The first-order chi connectivity index (χ1) is 29.2. The highest BCUT2D eigenvalue weighted by atomic mass is 16.6. The van der Waals surface area contributed by atoms with Gasteiger partial charge < -0.3 is 44.6 Å². The van der Waals surface area contributed by atoms with E-state index < -0.39 is 29.6 Å². The number of aliphatic hydroxyl groups excluding tert-OH is 1. The number of imidazole rings is 1. The van der Waals surface area contributed by atoms with Gasteiger partial charge in [-0.2, -0.15) is 4.98 Å². The molecule has 3 saturated heterocycles. The van der Waals surface area contributed by atoms with Crippen LogP contribution in [-0.2, 0) is 19.1 Å². The number of phenolic OH excluding ortho intramolecular Hbond substituents is 1. The number of phenols is 1. The van der Waals surface area contributed by atoms with E-state index in [0.717, 1.165) is 77.1 Å². The van der Waals surface area contributed by atoms with Gasteiger partial charge in [0.2, 0.25) is 11.7 Å². The van der Waals surface area contributed by atoms with E-state index >= 15 is 0 Å². The molecule has 0 unspecified atom stereocenters. The van der Waals surface area contributed by atoms with Crippen molar-refractivity contribution >= 4 is 29.3 Å². The fraction of sp³-hybridized carbons (Fsp3) is 0.587. The molecule has 4 N–H and O–H groups in total. The van der Waals surface area contributed by atoms with Crippen LogP contribution in [-0.4, -0.2) is 121 Å². The Kier molecular flexibility index (Phi) is 12.3. The van der Waals surface area contributed by atoms with Crippen LogP contribution < -0.4 is 10.6 Å². The molecule has 3 aromatic heterocycles. The van der Waals surface area contributed by atoms with Gasteiger partial charge in [-0.1, -0.05) is 43.0 Å². The smallest absolute Gasteiger partial charge is 0.329 e. The summed E-state index contributed by atoms with van der Waals surface area (Å²) < 4.78 is 19.7. The van der Waals surface area contributed by atoms with Crippen molar-refractivity contribution < 1.29 is 33.8 Å². The fourth-order valence-electron chi connectivity index (χ4n) is 9.17. The summed E-state index contributed by atoms with van der Waals surface area (Å²) in [5, 5.41) is 25.1. The van der Waals surface area contributed by atoms with Gasteiger partial charge in [0, 0.05) is 75.6 Å². The molecule has 1 amide bonds. The van der Waals surface area contributed by atoms with Gasteiger partial charge in [-0.05, 0) is 83.3 Å². The van der Waals surface area contributed by atoms with Crippen LogP contribution in [0.4, 0.5) is 11.6 Å². The molecule has 3 atom stereocenters. The average Bonchev–Trinajstić information content (AvgIpc) is 3.95. The van der Waals surface area contributed by atoms with Gasteiger partial charge >= 0.3 is 5.97 Å². The van der Waals surface area contributed by atoms with Crippen LogP contribution >= 0.6 is 0 Å². The predicted molar refractivity (Wildman–Crippen MR) is 229 cm³/mol. The van der Waals surface area contributed by atoms with Crippen molar-refractivity contribution in [1.82, 2.24) is 29.3 Å². The maximum Gasteiger partial charge on any atom is 0.329 e. The van der Waals surface area contributed by atoms with Crippen molar-refractivity contribution in [3.63, 3.8) is 0 Å². The molecule has 1 aromatic carbocycles. The van der Waals surface area contributed by atoms with Crippen LogP contribution in [0.1, 0.15) is 96.8 Å². The molecule has 8 rings (SSSR count). The molecule has 0 bridgehead atoms. The lowest BCUT2D eigenvalue weighted by molar-refractivity contribution is -0.163. The fourth-order valence-corrected chi connectivity index (χ4v) is 9.17. The molecule has 61 heavy (non-hydrogen) atoms. The van der Waals surface area contributed by atoms with Crippen molar-refractivity contribution in [2.24, 2.45) is 17.8 Å². The van der Waals surface area contributed by atoms with Gasteiger partial charge in [-0.3, -0.25) is 9.20 Å². The first-order valence-corrected chi connectivity index (χ1v) is 21.9. The van der Waals surface area contributed by atoms with Gasteiger partial charge in [-0.15, -0.1) is 0 Å². The van der Waals surface area contributed by atoms with Crippen LogP contribution in [0, 0.1) is 29.6 Å². The van der Waals surface area contributed by atoms with Crippen LogP contribution in [0.2, 0.25) is 0 Å². The van der Waals surface area contributed by atoms with E-state index in [1.54, 1.807) is 37.3 Å². The predicted octanol–water partition coefficient (Wildman–Crippen LogP) is 5.24. The number of aliphatic hydroxyl groups is 1. The van der Waals surface area contributed by atoms with Crippen molar-refractivity contribution in [3.8, 4) is 28.8 Å². The Morgan fingerprint density at radius 1 is 1.00 bits per heavy atom. The van der Waals surface area contributed by atoms with E-state index in [0.29, 0.717) is 40.1 Å². The molecule has 0 spiro atoms. The molecule has 15 nitrogen and oxygen atoms in total. The Bertz CT molecular complexity index is 2250. The summed E-state index contributed by atoms with van der Waals surface area (Å²) in [4.78, 5) is 42.2. The van der Waals surface area contributed by atoms with E-state index in [4.69, 9.17) is 19.7 Å². The number of nitrogens with zero attached hydrogens (tertiary/aromatic N) is 7. The summed E-state index contributed by atoms with van der Waals surface area (Å²) in [6.45, 7) is 14.2. The van der Waals surface area contributed by atoms with Gasteiger partial charge in [-0.25, -0.2) is 9.78 Å². The number of aromatic nitrogens is 4. The number of benzene rings is 1. The standard InChI is InChI=1S/C46H60N8O7/c1-28(2)41(43(57)54-26-32(55)22-37(54)44(58)60-46(3,4)5)39-23-40(50-61-39)52-18-12-29(13-19-52)24-51-16-14-33(15-17-51)59-34-20-30(21-34)10-11-31-25-53-27-36(48-45(53)49-42(31)47)35-8-6-7-9-38(35)56/h6-9,23,25,27-30,32-34,37,41,55-56H,12-22,24,26H2,1-5H3,(H2,47,48,49)/t30?,32-,34?,37+,41-/m1/s1. The quantitative estimate of drug-likeness (QED) is 0.139. The number of amides is 1. The van der Waals surface area contributed by atoms with E-state index in [2.05, 4.69) is 36.8 Å². The topological polar surface area (TPSA) is 185 Å². The second-order valence-corrected chi connectivity index (χ2v) is 18.8. The highest BCUT2D eigenvalue weighted by Crippen LogP contribution is 2.36. The minimum atomic E-state index is -0.838. The zero-order chi connectivity index (χ0) is 43.0. The highest BCUT2D eigenvalue weighted by molar-refractivity contribution is 5.89. The van der Waals surface area contributed by atoms with Crippen LogP contribution in [0.25, 0.3) is 17.0 Å². The molecule has 4 aromatic rings. The lowest BCUT2D eigenvalue weighted by atomic mass is 9.82. The number of fused-ring (bicyclic) bond motifs is 1. The molecule has 0 radical (unpaired) electrons. The first kappa shape index (κ1) is 42.5. The summed E-state index contributed by atoms with van der Waals surface area (Å²) in [6.07, 6.45) is 9.56. The Balaban J connectivity index is 0.760. The van der Waals surface area contributed by atoms with Gasteiger partial charge in [0.05, 0.1) is 29.6 Å². The minimum Gasteiger partial charge on any atom is -0.507 e. The Morgan fingerprint density at radius 2 is 1.74 bits per heavy atom. The Morgan fingerprint density at radius 3 is 2.44 bits per heavy atom. The molecule has 4 fully saturated rings. The second-order valence-electron chi connectivity index (χ2n) is 18.8. The number of ether oxygens (including phenoxy) is 2. The van der Waals surface area contributed by atoms with Crippen LogP contribution in [0.3, 0.4) is 0 Å². The number of hydrogen-bond donors (Lipinski definition) is 3. The molecule has 326 valence electrons. The SMILES string of the molecule is CC(C)[C@@H](C(=O)N1C[C@H](O)C[C@H]1C(=O)OC(C)(C)C)c1cc(N2CCC(CN3CCC(OC4CC(C#Cc5cn6cc(-c7ccccc7O)nc6nc5N)C4)CC3)CC2)no1. The number of aromatic hydroxyl groups is 1. The summed E-state index contributed by atoms with van der Waals surface area (Å²) in [7, 11) is 0. The van der Waals surface area contributed by atoms with Gasteiger partial charge in [0.15, 0.2) is 11.6 Å². The Labute approximate surface area is 357 Å². The first-order valence-electron chi connectivity index (χ1n) is 21.9. The number of nitrogens with two attached hydrogens (primary N) is 1. The summed E-state index contributed by atoms with van der Waals surface area (Å²) in [5.74, 6) is 8.13. The molecular weight excluding hydrogens is 777 g/mol. The largest absolute Gasteiger partial charge is 0.507 e. The van der Waals surface area contributed by atoms with Gasteiger partial charge in [0.25, 0.3) is 0 Å². The van der Waals surface area contributed by atoms with Crippen molar-refractivity contribution in [3.05, 3.63) is 54.0 Å². The number of esters is 1. The normalized spacial score (nSPS) is 23.5. The number of nitrogen functional groups attached to an aromatic ring is 1. The average molecular weight is 837 g/mol. The summed E-state index contributed by atoms with van der Waals surface area (Å²) in [5.41, 5.74) is 7.46. The number of carbonyl (C=O) groups is 2. The molecule has 4 aliphatic rings. The number of likely N-dealkylation sites (tertiary alicyclic amines) is 2. The number of hydrogen-bond acceptors (Lipinski definition) is 13. The van der Waals surface area contributed by atoms with E-state index in [1.165, 1.54) is 4.90 Å². The van der Waals surface area contributed by atoms with Crippen LogP contribution in [0.5, 0.6) is 5.75 Å². The van der Waals surface area contributed by atoms with E-state index in [-0.39, 0.29) is 48.7 Å². The highest BCUT2D eigenvalue weighted by Gasteiger charge is 2.45. The number of anilines is 2. The van der Waals surface area contributed by atoms with Crippen molar-refractivity contribution in [1.29, 1.82) is 0 Å². The van der Waals surface area contributed by atoms with Crippen molar-refractivity contribution in [2.75, 3.05) is 49.9 Å². The zero-order valence-electron chi connectivity index (χ0n) is 36.0. The number of piperidine rings is 2. The number of para-hydroxylation sites is 1.